The first-order valence-electron chi connectivity index (χ1n) is 12.8. The van der Waals surface area contributed by atoms with E-state index < -0.39 is 69.9 Å². The summed E-state index contributed by atoms with van der Waals surface area (Å²) < 4.78 is 5.23. The van der Waals surface area contributed by atoms with Crippen molar-refractivity contribution in [2.75, 3.05) is 19.4 Å². The van der Waals surface area contributed by atoms with Gasteiger partial charge in [0.2, 0.25) is 5.78 Å². The summed E-state index contributed by atoms with van der Waals surface area (Å²) in [6, 6.07) is 8.52. The zero-order valence-electron chi connectivity index (χ0n) is 22.5. The number of primary amides is 1. The molecule has 0 aromatic heterocycles. The van der Waals surface area contributed by atoms with Crippen LogP contribution in [-0.2, 0) is 20.8 Å². The smallest absolute Gasteiger partial charge is 0.417 e. The topological polar surface area (TPSA) is 200 Å². The van der Waals surface area contributed by atoms with Crippen LogP contribution in [-0.4, -0.2) is 74.6 Å². The van der Waals surface area contributed by atoms with E-state index in [1.165, 1.54) is 25.1 Å². The number of hydrogen-bond acceptors (Lipinski definition) is 10. The number of amides is 2. The molecule has 1 saturated carbocycles. The van der Waals surface area contributed by atoms with Crippen molar-refractivity contribution in [3.63, 3.8) is 0 Å². The van der Waals surface area contributed by atoms with Gasteiger partial charge >= 0.3 is 6.09 Å². The Labute approximate surface area is 234 Å². The first kappa shape index (κ1) is 27.9. The van der Waals surface area contributed by atoms with E-state index in [9.17, 15) is 39.6 Å². The van der Waals surface area contributed by atoms with Crippen molar-refractivity contribution in [3.8, 4) is 11.5 Å². The van der Waals surface area contributed by atoms with Gasteiger partial charge in [-0.1, -0.05) is 23.8 Å². The van der Waals surface area contributed by atoms with Crippen LogP contribution < -0.4 is 15.8 Å². The number of aryl methyl sites for hydroxylation is 1. The van der Waals surface area contributed by atoms with Gasteiger partial charge in [0.25, 0.3) is 5.91 Å². The Morgan fingerprint density at radius 3 is 2.34 bits per heavy atom. The molecule has 0 heterocycles. The number of likely N-dealkylation sites (N-methyl/N-ethyl adjacent to an activating group) is 1. The normalized spacial score (nSPS) is 25.4. The number of fused-ring (bicyclic) bond motifs is 3. The van der Waals surface area contributed by atoms with E-state index in [1.54, 1.807) is 30.3 Å². The lowest BCUT2D eigenvalue weighted by Gasteiger charge is -2.50. The number of nitrogens with two attached hydrogens (primary N) is 1. The van der Waals surface area contributed by atoms with Crippen molar-refractivity contribution in [3.05, 3.63) is 70.0 Å². The number of ether oxygens (including phenoxy) is 1. The molecule has 4 atom stereocenters. The summed E-state index contributed by atoms with van der Waals surface area (Å²) in [5, 5.41) is 47.3. The van der Waals surface area contributed by atoms with Crippen molar-refractivity contribution in [2.24, 2.45) is 17.6 Å². The summed E-state index contributed by atoms with van der Waals surface area (Å²) in [6.45, 7) is 1.87. The minimum absolute atomic E-state index is 0.0185. The fourth-order valence-corrected chi connectivity index (χ4v) is 6.17. The molecular formula is C29H29N3O9. The van der Waals surface area contributed by atoms with Gasteiger partial charge in [0.15, 0.2) is 11.4 Å². The number of aromatic hydroxyl groups is 1. The second-order valence-electron chi connectivity index (χ2n) is 10.8. The molecule has 2 amide bonds. The van der Waals surface area contributed by atoms with E-state index >= 15 is 0 Å². The lowest BCUT2D eigenvalue weighted by atomic mass is 9.57. The van der Waals surface area contributed by atoms with Gasteiger partial charge in [-0.25, -0.2) is 4.79 Å². The number of carbonyl (C=O) groups is 4. The van der Waals surface area contributed by atoms with Gasteiger partial charge in [-0.3, -0.25) is 24.6 Å². The highest BCUT2D eigenvalue weighted by Gasteiger charge is 2.64. The third kappa shape index (κ3) is 4.23. The van der Waals surface area contributed by atoms with Gasteiger partial charge < -0.3 is 30.9 Å². The average Bonchev–Trinajstić information content (AvgIpc) is 2.89. The molecule has 1 fully saturated rings. The zero-order valence-corrected chi connectivity index (χ0v) is 22.5. The standard InChI is InChI=1S/C29H29N3O9/c1-12-4-7-15(8-5-12)41-28(39)31-17-9-6-13-10-14-11-16-21(32(2)3)24(35)20(27(30)38)26(37)29(16,40)25(36)19(14)23(34)18(13)22(17)33/h4-9,14,16,21,33-34,37,40H,10-11H2,1-3H3,(H2,30,38)(H,31,39)/t14-,16-,21-,29-/m1/s1. The van der Waals surface area contributed by atoms with Gasteiger partial charge in [0, 0.05) is 11.5 Å². The summed E-state index contributed by atoms with van der Waals surface area (Å²) in [6.07, 6.45) is -0.794. The van der Waals surface area contributed by atoms with E-state index in [0.29, 0.717) is 5.56 Å². The third-order valence-corrected chi connectivity index (χ3v) is 8.06. The molecule has 0 radical (unpaired) electrons. The SMILES string of the molecule is Cc1ccc(OC(=O)Nc2ccc3c(c2O)C(O)=C2C(=O)[C@@]4(O)C(O)=C(C(N)=O)C(=O)[C@H](N(C)C)[C@H]4C[C@H]2C3)cc1. The maximum atomic E-state index is 13.9. The molecule has 3 aliphatic rings. The number of ketones is 2. The molecule has 12 nitrogen and oxygen atoms in total. The predicted molar refractivity (Wildman–Crippen MR) is 145 cm³/mol. The van der Waals surface area contributed by atoms with Gasteiger partial charge in [-0.2, -0.15) is 0 Å². The van der Waals surface area contributed by atoms with Crippen molar-refractivity contribution in [1.82, 2.24) is 4.90 Å². The summed E-state index contributed by atoms with van der Waals surface area (Å²) in [7, 11) is 3.06. The first-order valence-corrected chi connectivity index (χ1v) is 12.8. The monoisotopic (exact) mass is 563 g/mol. The van der Waals surface area contributed by atoms with Gasteiger partial charge in [-0.05, 0) is 63.5 Å². The summed E-state index contributed by atoms with van der Waals surface area (Å²) in [5.74, 6) is -7.19. The maximum absolute atomic E-state index is 13.9. The molecule has 0 saturated heterocycles. The number of phenolic OH excluding ortho intramolecular Hbond substituents is 1. The number of Topliss-reactive ketones (excluding diaryl/α,β-unsaturated/α-hetero) is 2. The predicted octanol–water partition coefficient (Wildman–Crippen LogP) is 1.88. The van der Waals surface area contributed by atoms with E-state index in [4.69, 9.17) is 10.5 Å². The highest BCUT2D eigenvalue weighted by molar-refractivity contribution is 6.24. The first-order chi connectivity index (χ1) is 19.3. The van der Waals surface area contributed by atoms with Crippen LogP contribution in [0.3, 0.4) is 0 Å². The molecule has 0 spiro atoms. The number of nitrogens with zero attached hydrogens (tertiary/aromatic N) is 1. The number of rotatable bonds is 4. The second-order valence-corrected chi connectivity index (χ2v) is 10.8. The minimum atomic E-state index is -2.73. The van der Waals surface area contributed by atoms with Crippen molar-refractivity contribution >= 4 is 35.0 Å². The summed E-state index contributed by atoms with van der Waals surface area (Å²) in [4.78, 5) is 53.0. The highest BCUT2D eigenvalue weighted by atomic mass is 16.6. The van der Waals surface area contributed by atoms with Crippen LogP contribution in [0.1, 0.15) is 23.1 Å². The molecule has 2 aromatic rings. The lowest BCUT2D eigenvalue weighted by molar-refractivity contribution is -0.153. The summed E-state index contributed by atoms with van der Waals surface area (Å²) in [5.41, 5.74) is 2.60. The fraction of sp³-hybridized carbons (Fsp3) is 0.310. The Balaban J connectivity index is 1.55. The van der Waals surface area contributed by atoms with E-state index in [1.807, 2.05) is 6.92 Å². The van der Waals surface area contributed by atoms with Crippen LogP contribution in [0.2, 0.25) is 0 Å². The lowest BCUT2D eigenvalue weighted by Crippen LogP contribution is -2.65. The van der Waals surface area contributed by atoms with Crippen molar-refractivity contribution < 1.29 is 44.3 Å². The molecule has 7 N–H and O–H groups in total. The van der Waals surface area contributed by atoms with E-state index in [-0.39, 0.29) is 35.4 Å². The fourth-order valence-electron chi connectivity index (χ4n) is 6.17. The molecule has 2 aromatic carbocycles. The van der Waals surface area contributed by atoms with Crippen LogP contribution in [0, 0.1) is 18.8 Å². The number of benzene rings is 2. The number of anilines is 1. The second kappa shape index (κ2) is 9.75. The third-order valence-electron chi connectivity index (χ3n) is 8.06. The number of carbonyl (C=O) groups excluding carboxylic acids is 4. The number of phenols is 1. The Bertz CT molecular complexity index is 1570. The molecule has 41 heavy (non-hydrogen) atoms. The molecule has 3 aliphatic carbocycles. The Kier molecular flexibility index (Phi) is 6.63. The number of aliphatic hydroxyl groups is 3. The van der Waals surface area contributed by atoms with E-state index in [2.05, 4.69) is 5.32 Å². The molecule has 5 rings (SSSR count). The average molecular weight is 564 g/mol. The van der Waals surface area contributed by atoms with Crippen molar-refractivity contribution in [2.45, 2.75) is 31.4 Å². The van der Waals surface area contributed by atoms with Gasteiger partial charge in [-0.15, -0.1) is 0 Å². The molecule has 0 unspecified atom stereocenters. The van der Waals surface area contributed by atoms with Crippen molar-refractivity contribution in [1.29, 1.82) is 0 Å². The van der Waals surface area contributed by atoms with Gasteiger partial charge in [0.05, 0.1) is 17.3 Å². The Morgan fingerprint density at radius 1 is 1.07 bits per heavy atom. The molecular weight excluding hydrogens is 534 g/mol. The van der Waals surface area contributed by atoms with Crippen LogP contribution in [0.15, 0.2) is 53.3 Å². The largest absolute Gasteiger partial charge is 0.508 e. The highest BCUT2D eigenvalue weighted by Crippen LogP contribution is 2.53. The van der Waals surface area contributed by atoms with Crippen LogP contribution in [0.25, 0.3) is 5.76 Å². The number of nitrogens with one attached hydrogen (secondary N) is 1. The molecule has 0 aliphatic heterocycles. The van der Waals surface area contributed by atoms with Crippen LogP contribution in [0.4, 0.5) is 10.5 Å². The Morgan fingerprint density at radius 2 is 1.73 bits per heavy atom. The zero-order chi connectivity index (χ0) is 30.0. The van der Waals surface area contributed by atoms with E-state index in [0.717, 1.165) is 5.56 Å². The molecule has 214 valence electrons. The van der Waals surface area contributed by atoms with Gasteiger partial charge in [0.1, 0.15) is 28.6 Å². The number of hydrogen-bond donors (Lipinski definition) is 6. The van der Waals surface area contributed by atoms with Crippen LogP contribution in [0.5, 0.6) is 11.5 Å². The summed E-state index contributed by atoms with van der Waals surface area (Å²) >= 11 is 0. The Hall–Kier alpha value is -4.68. The molecule has 0 bridgehead atoms. The molecule has 12 heteroatoms. The quantitative estimate of drug-likeness (QED) is 0.236. The van der Waals surface area contributed by atoms with Crippen LogP contribution >= 0.6 is 0 Å². The minimum Gasteiger partial charge on any atom is -0.508 e. The number of aliphatic hydroxyl groups excluding tert-OH is 2. The maximum Gasteiger partial charge on any atom is 0.417 e.